The van der Waals surface area contributed by atoms with Gasteiger partial charge in [0.15, 0.2) is 8.32 Å². The highest BCUT2D eigenvalue weighted by Crippen LogP contribution is 2.37. The smallest absolute Gasteiger partial charge is 0.251 e. The van der Waals surface area contributed by atoms with Gasteiger partial charge < -0.3 is 8.95 Å². The second kappa shape index (κ2) is 8.55. The molecule has 0 aliphatic carbocycles. The van der Waals surface area contributed by atoms with E-state index < -0.39 is 8.32 Å². The van der Waals surface area contributed by atoms with Crippen LogP contribution in [-0.4, -0.2) is 36.4 Å². The number of aromatic nitrogens is 2. The van der Waals surface area contributed by atoms with Crippen molar-refractivity contribution in [2.24, 2.45) is 0 Å². The molecule has 0 atom stereocenters. The van der Waals surface area contributed by atoms with E-state index in [1.165, 1.54) is 43.6 Å². The molecule has 2 aromatic rings. The lowest BCUT2D eigenvalue weighted by atomic mass is 10.2. The zero-order valence-corrected chi connectivity index (χ0v) is 19.2. The Hall–Kier alpha value is -1.02. The first kappa shape index (κ1) is 20.7. The molecule has 1 aliphatic rings. The molecule has 0 bridgehead atoms. The molecule has 1 aliphatic heterocycles. The van der Waals surface area contributed by atoms with Crippen molar-refractivity contribution in [3.63, 3.8) is 0 Å². The van der Waals surface area contributed by atoms with Gasteiger partial charge in [-0.15, -0.1) is 11.3 Å². The van der Waals surface area contributed by atoms with Crippen LogP contribution in [0.1, 0.15) is 57.2 Å². The van der Waals surface area contributed by atoms with Gasteiger partial charge in [0.2, 0.25) is 5.82 Å². The molecule has 2 aromatic heterocycles. The lowest BCUT2D eigenvalue weighted by Gasteiger charge is -2.35. The summed E-state index contributed by atoms with van der Waals surface area (Å²) in [4.78, 5) is 9.57. The van der Waals surface area contributed by atoms with Crippen LogP contribution in [0.3, 0.4) is 0 Å². The minimum absolute atomic E-state index is 0.172. The predicted molar refractivity (Wildman–Crippen MR) is 113 cm³/mol. The van der Waals surface area contributed by atoms with E-state index in [-0.39, 0.29) is 5.04 Å². The Morgan fingerprint density at radius 1 is 1.15 bits per heavy atom. The maximum atomic E-state index is 6.19. The monoisotopic (exact) mass is 407 g/mol. The van der Waals surface area contributed by atoms with Gasteiger partial charge in [-0.2, -0.15) is 4.98 Å². The van der Waals surface area contributed by atoms with Crippen LogP contribution in [0.15, 0.2) is 16.7 Å². The average Bonchev–Trinajstić information content (AvgIpc) is 3.17. The van der Waals surface area contributed by atoms with Crippen LogP contribution >= 0.6 is 11.3 Å². The largest absolute Gasteiger partial charge is 0.407 e. The third kappa shape index (κ3) is 5.50. The number of hydrogen-bond donors (Lipinski definition) is 0. The molecule has 3 heterocycles. The summed E-state index contributed by atoms with van der Waals surface area (Å²) in [6, 6.07) is 4.31. The van der Waals surface area contributed by atoms with Crippen LogP contribution in [0.4, 0.5) is 0 Å². The second-order valence-electron chi connectivity index (χ2n) is 9.02. The van der Waals surface area contributed by atoms with E-state index >= 15 is 0 Å². The molecule has 5 nitrogen and oxygen atoms in total. The van der Waals surface area contributed by atoms with Crippen LogP contribution in [0.2, 0.25) is 18.1 Å². The second-order valence-corrected chi connectivity index (χ2v) is 15.0. The zero-order chi connectivity index (χ0) is 19.5. The van der Waals surface area contributed by atoms with E-state index in [2.05, 4.69) is 61.0 Å². The molecule has 0 radical (unpaired) electrons. The number of thiophene rings is 1. The maximum Gasteiger partial charge on any atom is 0.251 e. The number of hydrogen-bond acceptors (Lipinski definition) is 6. The van der Waals surface area contributed by atoms with Crippen molar-refractivity contribution in [3.8, 4) is 10.7 Å². The van der Waals surface area contributed by atoms with E-state index in [1.54, 1.807) is 11.3 Å². The lowest BCUT2D eigenvalue weighted by Crippen LogP contribution is -2.40. The van der Waals surface area contributed by atoms with Crippen molar-refractivity contribution in [3.05, 3.63) is 22.9 Å². The first-order chi connectivity index (χ1) is 12.7. The minimum atomic E-state index is -1.81. The molecule has 1 fully saturated rings. The molecule has 7 heteroatoms. The molecule has 0 spiro atoms. The molecule has 0 unspecified atom stereocenters. The molecule has 0 amide bonds. The van der Waals surface area contributed by atoms with Crippen LogP contribution in [-0.2, 0) is 17.6 Å². The van der Waals surface area contributed by atoms with Crippen molar-refractivity contribution in [2.45, 2.75) is 77.7 Å². The van der Waals surface area contributed by atoms with Crippen LogP contribution in [0.5, 0.6) is 0 Å². The summed E-state index contributed by atoms with van der Waals surface area (Å²) in [5.41, 5.74) is 0. The van der Waals surface area contributed by atoms with Gasteiger partial charge in [0.05, 0.1) is 4.88 Å². The Balaban J connectivity index is 1.59. The van der Waals surface area contributed by atoms with Crippen molar-refractivity contribution in [1.82, 2.24) is 15.0 Å². The SMILES string of the molecule is CC(C)(C)[Si](C)(C)OCc1nc(-c2ccc(CN3CCCCCC3)s2)no1. The normalized spacial score (nSPS) is 17.2. The van der Waals surface area contributed by atoms with Gasteiger partial charge in [0.25, 0.3) is 5.89 Å². The topological polar surface area (TPSA) is 51.4 Å². The lowest BCUT2D eigenvalue weighted by molar-refractivity contribution is 0.224. The molecule has 1 saturated heterocycles. The Morgan fingerprint density at radius 3 is 2.52 bits per heavy atom. The molecule has 27 heavy (non-hydrogen) atoms. The van der Waals surface area contributed by atoms with Crippen molar-refractivity contribution < 1.29 is 8.95 Å². The number of rotatable bonds is 6. The fourth-order valence-electron chi connectivity index (χ4n) is 2.97. The van der Waals surface area contributed by atoms with Gasteiger partial charge in [-0.25, -0.2) is 0 Å². The molecular formula is C20H33N3O2SSi. The summed E-state index contributed by atoms with van der Waals surface area (Å²) in [6.45, 7) is 15.0. The third-order valence-electron chi connectivity index (χ3n) is 5.79. The van der Waals surface area contributed by atoms with Crippen LogP contribution in [0, 0.1) is 0 Å². The van der Waals surface area contributed by atoms with Crippen LogP contribution in [0.25, 0.3) is 10.7 Å². The Morgan fingerprint density at radius 2 is 1.85 bits per heavy atom. The van der Waals surface area contributed by atoms with E-state index in [4.69, 9.17) is 8.95 Å². The molecule has 150 valence electrons. The maximum absolute atomic E-state index is 6.19. The summed E-state index contributed by atoms with van der Waals surface area (Å²) in [5, 5.41) is 4.34. The first-order valence-electron chi connectivity index (χ1n) is 10.0. The number of nitrogens with zero attached hydrogens (tertiary/aromatic N) is 3. The fraction of sp³-hybridized carbons (Fsp3) is 0.700. The van der Waals surface area contributed by atoms with E-state index in [0.717, 1.165) is 11.4 Å². The number of likely N-dealkylation sites (tertiary alicyclic amines) is 1. The van der Waals surface area contributed by atoms with Gasteiger partial charge in [0, 0.05) is 11.4 Å². The van der Waals surface area contributed by atoms with Gasteiger partial charge in [-0.3, -0.25) is 4.90 Å². The quantitative estimate of drug-likeness (QED) is 0.575. The van der Waals surface area contributed by atoms with Crippen molar-refractivity contribution in [1.29, 1.82) is 0 Å². The fourth-order valence-corrected chi connectivity index (χ4v) is 4.86. The van der Waals surface area contributed by atoms with Gasteiger partial charge >= 0.3 is 0 Å². The van der Waals surface area contributed by atoms with Crippen molar-refractivity contribution >= 4 is 19.7 Å². The highest BCUT2D eigenvalue weighted by Gasteiger charge is 2.37. The first-order valence-corrected chi connectivity index (χ1v) is 13.7. The Kier molecular flexibility index (Phi) is 6.56. The molecule has 3 rings (SSSR count). The van der Waals surface area contributed by atoms with Crippen molar-refractivity contribution in [2.75, 3.05) is 13.1 Å². The van der Waals surface area contributed by atoms with Gasteiger partial charge in [-0.05, 0) is 56.2 Å². The van der Waals surface area contributed by atoms with Gasteiger partial charge in [-0.1, -0.05) is 38.8 Å². The zero-order valence-electron chi connectivity index (χ0n) is 17.4. The van der Waals surface area contributed by atoms with Crippen LogP contribution < -0.4 is 0 Å². The summed E-state index contributed by atoms with van der Waals surface area (Å²) < 4.78 is 11.6. The highest BCUT2D eigenvalue weighted by molar-refractivity contribution is 7.15. The summed E-state index contributed by atoms with van der Waals surface area (Å²) in [7, 11) is -1.81. The minimum Gasteiger partial charge on any atom is -0.407 e. The van der Waals surface area contributed by atoms with Gasteiger partial charge in [0.1, 0.15) is 6.61 Å². The van der Waals surface area contributed by atoms with E-state index in [0.29, 0.717) is 18.3 Å². The Labute approximate surface area is 168 Å². The molecule has 0 N–H and O–H groups in total. The van der Waals surface area contributed by atoms with E-state index in [1.807, 2.05) is 0 Å². The summed E-state index contributed by atoms with van der Waals surface area (Å²) >= 11 is 1.77. The van der Waals surface area contributed by atoms with E-state index in [9.17, 15) is 0 Å². The molecule has 0 saturated carbocycles. The average molecular weight is 408 g/mol. The molecule has 0 aromatic carbocycles. The third-order valence-corrected chi connectivity index (χ3v) is 11.3. The Bertz CT molecular complexity index is 728. The summed E-state index contributed by atoms with van der Waals surface area (Å²) in [6.07, 6.45) is 5.38. The standard InChI is InChI=1S/C20H33N3O2SSi/c1-20(2,3)27(4,5)24-15-18-21-19(22-25-18)17-11-10-16(26-17)14-23-12-8-6-7-9-13-23/h10-11H,6-9,12-15H2,1-5H3. The predicted octanol–water partition coefficient (Wildman–Crippen LogP) is 5.70. The molecular weight excluding hydrogens is 374 g/mol. The highest BCUT2D eigenvalue weighted by atomic mass is 32.1. The summed E-state index contributed by atoms with van der Waals surface area (Å²) in [5.74, 6) is 1.24.